The number of primary amides is 1. The maximum absolute atomic E-state index is 12.7. The number of hydrogen-bond donors (Lipinski definition) is 4. The highest BCUT2D eigenvalue weighted by Gasteiger charge is 2.43. The molecule has 0 unspecified atom stereocenters. The molecule has 3 amide bonds. The summed E-state index contributed by atoms with van der Waals surface area (Å²) in [5.41, 5.74) is 11.2. The van der Waals surface area contributed by atoms with Gasteiger partial charge in [0, 0.05) is 18.7 Å². The molecule has 2 aliphatic rings. The normalized spacial score (nSPS) is 22.3. The lowest BCUT2D eigenvalue weighted by Crippen LogP contribution is -2.44. The predicted octanol–water partition coefficient (Wildman–Crippen LogP) is -0.196. The van der Waals surface area contributed by atoms with E-state index in [1.165, 1.54) is 6.26 Å². The van der Waals surface area contributed by atoms with E-state index in [1.807, 2.05) is 0 Å². The first kappa shape index (κ1) is 17.4. The summed E-state index contributed by atoms with van der Waals surface area (Å²) in [6.45, 7) is 3.11. The minimum Gasteiger partial charge on any atom is -0.364 e. The Hall–Kier alpha value is -2.42. The van der Waals surface area contributed by atoms with Crippen molar-refractivity contribution >= 4 is 17.7 Å². The van der Waals surface area contributed by atoms with Crippen molar-refractivity contribution in [3.8, 4) is 0 Å². The van der Waals surface area contributed by atoms with Crippen molar-refractivity contribution in [2.75, 3.05) is 13.1 Å². The van der Waals surface area contributed by atoms with Crippen LogP contribution in [0.5, 0.6) is 0 Å². The zero-order valence-electron chi connectivity index (χ0n) is 14.1. The maximum atomic E-state index is 12.7. The molecule has 9 nitrogen and oxygen atoms in total. The lowest BCUT2D eigenvalue weighted by Gasteiger charge is -2.20. The Bertz CT molecular complexity index is 682. The van der Waals surface area contributed by atoms with E-state index in [2.05, 4.69) is 28.2 Å². The van der Waals surface area contributed by atoms with Gasteiger partial charge in [-0.05, 0) is 31.1 Å². The molecule has 2 fully saturated rings. The van der Waals surface area contributed by atoms with Crippen LogP contribution in [0.4, 0.5) is 0 Å². The smallest absolute Gasteiger partial charge is 0.271 e. The standard InChI is InChI=1S/C16H23N5O4/c1-16(3-4-16)6-10(11-8-25-21-12(11)13(17)22)15(24)20-19-7-9-2-5-18-14(9)23/h8-10,19H,2-7H2,1H3,(H2,17,22)(H,18,23)(H,20,24)/t9-,10-/m0/s1. The third-order valence-corrected chi connectivity index (χ3v) is 5.05. The van der Waals surface area contributed by atoms with Crippen LogP contribution in [0.1, 0.15) is 54.6 Å². The van der Waals surface area contributed by atoms with Gasteiger partial charge in [-0.15, -0.1) is 0 Å². The molecule has 136 valence electrons. The molecule has 9 heteroatoms. The summed E-state index contributed by atoms with van der Waals surface area (Å²) < 4.78 is 4.87. The van der Waals surface area contributed by atoms with Crippen LogP contribution < -0.4 is 21.9 Å². The van der Waals surface area contributed by atoms with Crippen molar-refractivity contribution in [2.24, 2.45) is 17.1 Å². The fourth-order valence-electron chi connectivity index (χ4n) is 3.12. The Morgan fingerprint density at radius 1 is 1.52 bits per heavy atom. The van der Waals surface area contributed by atoms with Crippen LogP contribution in [0.15, 0.2) is 10.8 Å². The van der Waals surface area contributed by atoms with Crippen molar-refractivity contribution < 1.29 is 18.9 Å². The molecule has 1 aliphatic heterocycles. The van der Waals surface area contributed by atoms with E-state index in [4.69, 9.17) is 10.3 Å². The lowest BCUT2D eigenvalue weighted by atomic mass is 9.87. The molecule has 1 saturated heterocycles. The fraction of sp³-hybridized carbons (Fsp3) is 0.625. The van der Waals surface area contributed by atoms with Crippen LogP contribution in [-0.4, -0.2) is 36.0 Å². The van der Waals surface area contributed by atoms with Crippen LogP contribution in [0.25, 0.3) is 0 Å². The zero-order chi connectivity index (χ0) is 18.0. The largest absolute Gasteiger partial charge is 0.364 e. The lowest BCUT2D eigenvalue weighted by molar-refractivity contribution is -0.125. The molecule has 0 spiro atoms. The van der Waals surface area contributed by atoms with Crippen LogP contribution in [-0.2, 0) is 9.59 Å². The van der Waals surface area contributed by atoms with E-state index >= 15 is 0 Å². The number of nitrogens with zero attached hydrogens (tertiary/aromatic N) is 1. The Morgan fingerprint density at radius 2 is 2.28 bits per heavy atom. The maximum Gasteiger partial charge on any atom is 0.271 e. The first-order valence-electron chi connectivity index (χ1n) is 8.44. The second-order valence-corrected chi connectivity index (χ2v) is 7.20. The van der Waals surface area contributed by atoms with Crippen LogP contribution in [0, 0.1) is 11.3 Å². The molecule has 25 heavy (non-hydrogen) atoms. The van der Waals surface area contributed by atoms with Crippen molar-refractivity contribution in [3.05, 3.63) is 17.5 Å². The number of hydrogen-bond acceptors (Lipinski definition) is 6. The SMILES string of the molecule is CC1(C[C@H](C(=O)NNC[C@@H]2CCNC2=O)c2conc2C(N)=O)CC1. The minimum absolute atomic E-state index is 0.0143. The van der Waals surface area contributed by atoms with Crippen molar-refractivity contribution in [2.45, 2.75) is 38.5 Å². The van der Waals surface area contributed by atoms with E-state index in [9.17, 15) is 14.4 Å². The number of amides is 3. The van der Waals surface area contributed by atoms with Crippen molar-refractivity contribution in [1.29, 1.82) is 0 Å². The number of rotatable bonds is 8. The summed E-state index contributed by atoms with van der Waals surface area (Å²) in [5.74, 6) is -1.78. The molecule has 0 aromatic carbocycles. The number of hydrazine groups is 1. The molecule has 2 atom stereocenters. The molecule has 1 aliphatic carbocycles. The van der Waals surface area contributed by atoms with E-state index in [-0.39, 0.29) is 28.8 Å². The number of carbonyl (C=O) groups is 3. The first-order valence-corrected chi connectivity index (χ1v) is 8.44. The summed E-state index contributed by atoms with van der Waals surface area (Å²) in [4.78, 5) is 35.8. The summed E-state index contributed by atoms with van der Waals surface area (Å²) in [6.07, 6.45) is 4.68. The van der Waals surface area contributed by atoms with Gasteiger partial charge >= 0.3 is 0 Å². The van der Waals surface area contributed by atoms with Crippen LogP contribution >= 0.6 is 0 Å². The molecular weight excluding hydrogens is 326 g/mol. The first-order chi connectivity index (χ1) is 11.9. The molecular formula is C16H23N5O4. The highest BCUT2D eigenvalue weighted by molar-refractivity contribution is 5.95. The number of nitrogens with one attached hydrogen (secondary N) is 3. The van der Waals surface area contributed by atoms with Gasteiger partial charge in [0.1, 0.15) is 6.26 Å². The monoisotopic (exact) mass is 349 g/mol. The molecule has 2 heterocycles. The molecule has 0 bridgehead atoms. The molecule has 3 rings (SSSR count). The van der Waals surface area contributed by atoms with E-state index in [1.54, 1.807) is 0 Å². The summed E-state index contributed by atoms with van der Waals surface area (Å²) in [6, 6.07) is 0. The second-order valence-electron chi connectivity index (χ2n) is 7.20. The van der Waals surface area contributed by atoms with Gasteiger partial charge in [-0.3, -0.25) is 19.8 Å². The van der Waals surface area contributed by atoms with E-state index in [0.29, 0.717) is 25.1 Å². The van der Waals surface area contributed by atoms with Crippen molar-refractivity contribution in [1.82, 2.24) is 21.3 Å². The van der Waals surface area contributed by atoms with Gasteiger partial charge in [0.2, 0.25) is 11.8 Å². The Morgan fingerprint density at radius 3 is 2.88 bits per heavy atom. The topological polar surface area (TPSA) is 139 Å². The van der Waals surface area contributed by atoms with Gasteiger partial charge in [-0.1, -0.05) is 12.1 Å². The average molecular weight is 349 g/mol. The van der Waals surface area contributed by atoms with E-state index in [0.717, 1.165) is 19.3 Å². The van der Waals surface area contributed by atoms with Gasteiger partial charge in [-0.25, -0.2) is 5.43 Å². The molecule has 1 saturated carbocycles. The van der Waals surface area contributed by atoms with Crippen LogP contribution in [0.2, 0.25) is 0 Å². The number of carbonyl (C=O) groups excluding carboxylic acids is 3. The van der Waals surface area contributed by atoms with Crippen molar-refractivity contribution in [3.63, 3.8) is 0 Å². The highest BCUT2D eigenvalue weighted by Crippen LogP contribution is 2.51. The van der Waals surface area contributed by atoms with Gasteiger partial charge in [0.05, 0.1) is 11.8 Å². The zero-order valence-corrected chi connectivity index (χ0v) is 14.1. The molecule has 5 N–H and O–H groups in total. The Kier molecular flexibility index (Phi) is 4.76. The van der Waals surface area contributed by atoms with Gasteiger partial charge in [-0.2, -0.15) is 0 Å². The van der Waals surface area contributed by atoms with Crippen LogP contribution in [0.3, 0.4) is 0 Å². The third-order valence-electron chi connectivity index (χ3n) is 5.05. The molecule has 1 aromatic heterocycles. The minimum atomic E-state index is -0.724. The summed E-state index contributed by atoms with van der Waals surface area (Å²) in [5, 5.41) is 6.37. The van der Waals surface area contributed by atoms with E-state index < -0.39 is 11.8 Å². The highest BCUT2D eigenvalue weighted by atomic mass is 16.5. The van der Waals surface area contributed by atoms with Gasteiger partial charge in [0.15, 0.2) is 5.69 Å². The quantitative estimate of drug-likeness (QED) is 0.479. The third kappa shape index (κ3) is 3.98. The predicted molar refractivity (Wildman–Crippen MR) is 87.0 cm³/mol. The van der Waals surface area contributed by atoms with Gasteiger partial charge in [0.25, 0.3) is 5.91 Å². The average Bonchev–Trinajstić information content (AvgIpc) is 2.97. The summed E-state index contributed by atoms with van der Waals surface area (Å²) in [7, 11) is 0. The number of nitrogens with two attached hydrogens (primary N) is 1. The fourth-order valence-corrected chi connectivity index (χ4v) is 3.12. The number of aromatic nitrogens is 1. The van der Waals surface area contributed by atoms with Gasteiger partial charge < -0.3 is 15.6 Å². The molecule has 0 radical (unpaired) electrons. The summed E-state index contributed by atoms with van der Waals surface area (Å²) >= 11 is 0. The second kappa shape index (κ2) is 6.83. The molecule has 1 aromatic rings. The Balaban J connectivity index is 1.66. The Labute approximate surface area is 145 Å².